The molecule has 5 nitrogen and oxygen atoms in total. The van der Waals surface area contributed by atoms with Gasteiger partial charge in [0.2, 0.25) is 0 Å². The van der Waals surface area contributed by atoms with Crippen LogP contribution >= 0.6 is 0 Å². The fourth-order valence-electron chi connectivity index (χ4n) is 3.85. The van der Waals surface area contributed by atoms with E-state index >= 15 is 0 Å². The summed E-state index contributed by atoms with van der Waals surface area (Å²) in [6, 6.07) is 7.24. The van der Waals surface area contributed by atoms with Gasteiger partial charge in [-0.15, -0.1) is 0 Å². The van der Waals surface area contributed by atoms with Gasteiger partial charge in [-0.3, -0.25) is 0 Å². The lowest BCUT2D eigenvalue weighted by Crippen LogP contribution is -2.44. The van der Waals surface area contributed by atoms with Crippen LogP contribution in [-0.4, -0.2) is 36.3 Å². The molecule has 3 heterocycles. The van der Waals surface area contributed by atoms with Crippen molar-refractivity contribution >= 4 is 17.1 Å². The van der Waals surface area contributed by atoms with E-state index in [0.29, 0.717) is 6.61 Å². The Morgan fingerprint density at radius 2 is 2.00 bits per heavy atom. The quantitative estimate of drug-likeness (QED) is 0.870. The summed E-state index contributed by atoms with van der Waals surface area (Å²) in [6.07, 6.45) is 2.96. The molecule has 2 N–H and O–H groups in total. The Kier molecular flexibility index (Phi) is 3.62. The monoisotopic (exact) mass is 329 g/mol. The van der Waals surface area contributed by atoms with E-state index in [2.05, 4.69) is 37.8 Å². The second-order valence-corrected chi connectivity index (χ2v) is 8.37. The van der Waals surface area contributed by atoms with E-state index in [0.717, 1.165) is 49.5 Å². The van der Waals surface area contributed by atoms with Gasteiger partial charge in [-0.1, -0.05) is 26.8 Å². The van der Waals surface area contributed by atoms with Crippen LogP contribution in [0.15, 0.2) is 22.6 Å². The van der Waals surface area contributed by atoms with E-state index in [1.807, 2.05) is 6.07 Å². The summed E-state index contributed by atoms with van der Waals surface area (Å²) < 4.78 is 12.0. The molecule has 1 aromatic heterocycles. The molecule has 1 aromatic carbocycles. The van der Waals surface area contributed by atoms with Crippen LogP contribution in [0.4, 0.5) is 6.01 Å². The van der Waals surface area contributed by atoms with Crippen LogP contribution in [0.2, 0.25) is 0 Å². The summed E-state index contributed by atoms with van der Waals surface area (Å²) in [5.74, 6) is 0. The molecule has 2 fully saturated rings. The molecule has 1 unspecified atom stereocenters. The summed E-state index contributed by atoms with van der Waals surface area (Å²) in [6.45, 7) is 9.15. The smallest absolute Gasteiger partial charge is 0.298 e. The number of oxazole rings is 1. The number of anilines is 1. The highest BCUT2D eigenvalue weighted by molar-refractivity contribution is 5.75. The zero-order chi connectivity index (χ0) is 16.9. The highest BCUT2D eigenvalue weighted by atomic mass is 16.5. The standard InChI is InChI=1S/C19H27N3O2/c1-18(2,3)13-4-5-16-15(10-13)21-17(24-16)22-8-6-19(7-9-22)11-14(20)12-23-19/h4-5,10,14H,6-9,11-12,20H2,1-3H3. The van der Waals surface area contributed by atoms with E-state index in [1.54, 1.807) is 0 Å². The van der Waals surface area contributed by atoms with Gasteiger partial charge in [0.05, 0.1) is 12.2 Å². The zero-order valence-electron chi connectivity index (χ0n) is 14.8. The van der Waals surface area contributed by atoms with Gasteiger partial charge in [-0.05, 0) is 42.4 Å². The fourth-order valence-corrected chi connectivity index (χ4v) is 3.85. The first-order chi connectivity index (χ1) is 11.3. The lowest BCUT2D eigenvalue weighted by Gasteiger charge is -2.37. The Bertz CT molecular complexity index is 739. The number of hydrogen-bond acceptors (Lipinski definition) is 5. The summed E-state index contributed by atoms with van der Waals surface area (Å²) >= 11 is 0. The third kappa shape index (κ3) is 2.80. The molecule has 2 aromatic rings. The van der Waals surface area contributed by atoms with Gasteiger partial charge in [0.1, 0.15) is 5.52 Å². The Morgan fingerprint density at radius 1 is 1.25 bits per heavy atom. The summed E-state index contributed by atoms with van der Waals surface area (Å²) in [7, 11) is 0. The lowest BCUT2D eigenvalue weighted by molar-refractivity contribution is -0.0153. The van der Waals surface area contributed by atoms with Crippen molar-refractivity contribution in [1.29, 1.82) is 0 Å². The number of aromatic nitrogens is 1. The van der Waals surface area contributed by atoms with Crippen LogP contribution in [0.25, 0.3) is 11.1 Å². The molecule has 24 heavy (non-hydrogen) atoms. The van der Waals surface area contributed by atoms with Crippen molar-refractivity contribution in [2.75, 3.05) is 24.6 Å². The van der Waals surface area contributed by atoms with E-state index in [1.165, 1.54) is 5.56 Å². The summed E-state index contributed by atoms with van der Waals surface area (Å²) in [5.41, 5.74) is 9.20. The first kappa shape index (κ1) is 15.9. The molecule has 1 spiro atoms. The third-order valence-electron chi connectivity index (χ3n) is 5.43. The predicted octanol–water partition coefficient (Wildman–Crippen LogP) is 3.21. The second kappa shape index (κ2) is 5.46. The van der Waals surface area contributed by atoms with Gasteiger partial charge in [-0.25, -0.2) is 0 Å². The first-order valence-electron chi connectivity index (χ1n) is 8.90. The minimum absolute atomic E-state index is 0.0126. The highest BCUT2D eigenvalue weighted by Crippen LogP contribution is 2.37. The predicted molar refractivity (Wildman–Crippen MR) is 95.4 cm³/mol. The second-order valence-electron chi connectivity index (χ2n) is 8.37. The van der Waals surface area contributed by atoms with Crippen molar-refractivity contribution in [2.24, 2.45) is 5.73 Å². The number of fused-ring (bicyclic) bond motifs is 1. The normalized spacial score (nSPS) is 24.2. The molecule has 0 bridgehead atoms. The van der Waals surface area contributed by atoms with E-state index in [4.69, 9.17) is 19.9 Å². The minimum Gasteiger partial charge on any atom is -0.423 e. The minimum atomic E-state index is -0.0126. The molecule has 0 radical (unpaired) electrons. The van der Waals surface area contributed by atoms with E-state index < -0.39 is 0 Å². The van der Waals surface area contributed by atoms with Gasteiger partial charge in [0.15, 0.2) is 5.58 Å². The average molecular weight is 329 g/mol. The van der Waals surface area contributed by atoms with Crippen LogP contribution in [-0.2, 0) is 10.2 Å². The molecule has 1 atom stereocenters. The molecule has 5 heteroatoms. The van der Waals surface area contributed by atoms with Crippen molar-refractivity contribution in [3.8, 4) is 0 Å². The number of hydrogen-bond donors (Lipinski definition) is 1. The number of rotatable bonds is 1. The highest BCUT2D eigenvalue weighted by Gasteiger charge is 2.42. The number of nitrogens with zero attached hydrogens (tertiary/aromatic N) is 2. The Morgan fingerprint density at radius 3 is 2.62 bits per heavy atom. The number of benzene rings is 1. The van der Waals surface area contributed by atoms with Crippen LogP contribution in [0, 0.1) is 0 Å². The summed E-state index contributed by atoms with van der Waals surface area (Å²) in [4.78, 5) is 6.97. The van der Waals surface area contributed by atoms with E-state index in [-0.39, 0.29) is 17.1 Å². The first-order valence-corrected chi connectivity index (χ1v) is 8.90. The largest absolute Gasteiger partial charge is 0.423 e. The number of ether oxygens (including phenoxy) is 1. The van der Waals surface area contributed by atoms with Crippen molar-refractivity contribution in [1.82, 2.24) is 4.98 Å². The maximum absolute atomic E-state index is 6.02. The van der Waals surface area contributed by atoms with Gasteiger partial charge in [0.25, 0.3) is 6.01 Å². The van der Waals surface area contributed by atoms with Crippen molar-refractivity contribution in [2.45, 2.75) is 57.1 Å². The molecule has 2 aliphatic heterocycles. The van der Waals surface area contributed by atoms with E-state index in [9.17, 15) is 0 Å². The molecule has 4 rings (SSSR count). The van der Waals surface area contributed by atoms with Crippen LogP contribution < -0.4 is 10.6 Å². The molecule has 0 saturated carbocycles. The molecule has 2 aliphatic rings. The van der Waals surface area contributed by atoms with Crippen molar-refractivity contribution < 1.29 is 9.15 Å². The molecule has 130 valence electrons. The van der Waals surface area contributed by atoms with Gasteiger partial charge in [-0.2, -0.15) is 4.98 Å². The molecular formula is C19H27N3O2. The Labute approximate surface area is 143 Å². The van der Waals surface area contributed by atoms with Crippen molar-refractivity contribution in [3.05, 3.63) is 23.8 Å². The van der Waals surface area contributed by atoms with Gasteiger partial charge in [0, 0.05) is 19.1 Å². The SMILES string of the molecule is CC(C)(C)c1ccc2oc(N3CCC4(CC3)CC(N)CO4)nc2c1. The molecule has 2 saturated heterocycles. The molecule has 0 amide bonds. The topological polar surface area (TPSA) is 64.5 Å². The van der Waals surface area contributed by atoms with Crippen LogP contribution in [0.5, 0.6) is 0 Å². The number of piperidine rings is 1. The number of nitrogens with two attached hydrogens (primary N) is 1. The summed E-state index contributed by atoms with van der Waals surface area (Å²) in [5, 5.41) is 0. The van der Waals surface area contributed by atoms with Crippen LogP contribution in [0.1, 0.15) is 45.6 Å². The zero-order valence-corrected chi connectivity index (χ0v) is 14.8. The average Bonchev–Trinajstić information content (AvgIpc) is 3.10. The molecule has 0 aliphatic carbocycles. The van der Waals surface area contributed by atoms with Crippen molar-refractivity contribution in [3.63, 3.8) is 0 Å². The van der Waals surface area contributed by atoms with Gasteiger partial charge >= 0.3 is 0 Å². The Balaban J connectivity index is 1.53. The third-order valence-corrected chi connectivity index (χ3v) is 5.43. The lowest BCUT2D eigenvalue weighted by atomic mass is 9.87. The maximum Gasteiger partial charge on any atom is 0.298 e. The molecular weight excluding hydrogens is 302 g/mol. The fraction of sp³-hybridized carbons (Fsp3) is 0.632. The maximum atomic E-state index is 6.02. The Hall–Kier alpha value is -1.59. The van der Waals surface area contributed by atoms with Crippen LogP contribution in [0.3, 0.4) is 0 Å². The van der Waals surface area contributed by atoms with Gasteiger partial charge < -0.3 is 19.8 Å².